The summed E-state index contributed by atoms with van der Waals surface area (Å²) < 4.78 is 8.78. The first-order valence-electron chi connectivity index (χ1n) is 18.8. The van der Waals surface area contributed by atoms with Gasteiger partial charge in [-0.15, -0.1) is 0 Å². The van der Waals surface area contributed by atoms with E-state index in [2.05, 4.69) is 132 Å². The van der Waals surface area contributed by atoms with Crippen LogP contribution in [0.2, 0.25) is 0 Å². The van der Waals surface area contributed by atoms with E-state index in [1.165, 1.54) is 16.5 Å². The van der Waals surface area contributed by atoms with Crippen LogP contribution < -0.4 is 0 Å². The van der Waals surface area contributed by atoms with Gasteiger partial charge in [-0.3, -0.25) is 0 Å². The highest BCUT2D eigenvalue weighted by atomic mass is 16.3. The minimum atomic E-state index is 0.625. The van der Waals surface area contributed by atoms with Crippen LogP contribution in [0.1, 0.15) is 0 Å². The van der Waals surface area contributed by atoms with E-state index in [1.54, 1.807) is 0 Å². The summed E-state index contributed by atoms with van der Waals surface area (Å²) >= 11 is 0. The molecule has 11 aromatic rings. The van der Waals surface area contributed by atoms with Crippen molar-refractivity contribution in [3.63, 3.8) is 0 Å². The monoisotopic (exact) mass is 716 g/mol. The summed E-state index contributed by atoms with van der Waals surface area (Å²) in [4.78, 5) is 15.0. The zero-order valence-corrected chi connectivity index (χ0v) is 30.2. The van der Waals surface area contributed by atoms with E-state index in [9.17, 15) is 0 Å². The Morgan fingerprint density at radius 1 is 0.304 bits per heavy atom. The molecule has 0 fully saturated rings. The fourth-order valence-electron chi connectivity index (χ4n) is 7.92. The third-order valence-corrected chi connectivity index (χ3v) is 10.6. The topological polar surface area (TPSA) is 56.7 Å². The average molecular weight is 717 g/mol. The van der Waals surface area contributed by atoms with Gasteiger partial charge >= 0.3 is 0 Å². The van der Waals surface area contributed by atoms with Crippen LogP contribution in [0.5, 0.6) is 0 Å². The SMILES string of the molecule is c1ccc(-c2ccc3oc4cc(-c5cccc(-n6c7ccccc7c7ccc(-c8nc(-c9ccccc9)nc(-c9ccccc9)n8)cc76)c5)ccc4c3c2)cc1. The molecule has 0 radical (unpaired) electrons. The largest absolute Gasteiger partial charge is 0.456 e. The van der Waals surface area contributed by atoms with Gasteiger partial charge < -0.3 is 8.98 Å². The maximum atomic E-state index is 6.43. The molecule has 0 N–H and O–H groups in total. The van der Waals surface area contributed by atoms with E-state index in [-0.39, 0.29) is 0 Å². The van der Waals surface area contributed by atoms with Gasteiger partial charge in [-0.05, 0) is 70.8 Å². The lowest BCUT2D eigenvalue weighted by Crippen LogP contribution is -2.00. The summed E-state index contributed by atoms with van der Waals surface area (Å²) in [6.45, 7) is 0. The molecule has 3 aromatic heterocycles. The molecule has 11 rings (SSSR count). The summed E-state index contributed by atoms with van der Waals surface area (Å²) in [6, 6.07) is 67.5. The number of benzene rings is 8. The molecular weight excluding hydrogens is 685 g/mol. The Morgan fingerprint density at radius 2 is 0.839 bits per heavy atom. The molecule has 56 heavy (non-hydrogen) atoms. The smallest absolute Gasteiger partial charge is 0.164 e. The van der Waals surface area contributed by atoms with Crippen LogP contribution >= 0.6 is 0 Å². The summed E-state index contributed by atoms with van der Waals surface area (Å²) in [7, 11) is 0. The number of aromatic nitrogens is 4. The molecule has 5 heteroatoms. The molecule has 5 nitrogen and oxygen atoms in total. The van der Waals surface area contributed by atoms with Gasteiger partial charge in [-0.2, -0.15) is 0 Å². The van der Waals surface area contributed by atoms with Crippen molar-refractivity contribution >= 4 is 43.7 Å². The van der Waals surface area contributed by atoms with Crippen LogP contribution in [-0.4, -0.2) is 19.5 Å². The summed E-state index contributed by atoms with van der Waals surface area (Å²) in [5.74, 6) is 1.90. The highest BCUT2D eigenvalue weighted by Crippen LogP contribution is 2.38. The molecule has 0 unspecified atom stereocenters. The first kappa shape index (κ1) is 31.9. The maximum Gasteiger partial charge on any atom is 0.164 e. The van der Waals surface area contributed by atoms with Crippen molar-refractivity contribution < 1.29 is 4.42 Å². The fourth-order valence-corrected chi connectivity index (χ4v) is 7.92. The van der Waals surface area contributed by atoms with Crippen molar-refractivity contribution in [2.45, 2.75) is 0 Å². The van der Waals surface area contributed by atoms with Crippen LogP contribution in [-0.2, 0) is 0 Å². The molecule has 0 atom stereocenters. The van der Waals surface area contributed by atoms with E-state index in [4.69, 9.17) is 19.4 Å². The molecule has 262 valence electrons. The molecule has 8 aromatic carbocycles. The van der Waals surface area contributed by atoms with E-state index in [0.29, 0.717) is 17.5 Å². The van der Waals surface area contributed by atoms with Crippen molar-refractivity contribution in [2.75, 3.05) is 0 Å². The molecule has 0 saturated carbocycles. The third-order valence-electron chi connectivity index (χ3n) is 10.6. The minimum absolute atomic E-state index is 0.625. The number of para-hydroxylation sites is 1. The second-order valence-corrected chi connectivity index (χ2v) is 14.1. The Hall–Kier alpha value is -7.63. The quantitative estimate of drug-likeness (QED) is 0.172. The molecule has 0 amide bonds. The zero-order valence-electron chi connectivity index (χ0n) is 30.2. The Balaban J connectivity index is 1.04. The lowest BCUT2D eigenvalue weighted by molar-refractivity contribution is 0.669. The van der Waals surface area contributed by atoms with E-state index in [1.807, 2.05) is 66.7 Å². The molecule has 0 aliphatic rings. The average Bonchev–Trinajstić information content (AvgIpc) is 3.81. The number of nitrogens with zero attached hydrogens (tertiary/aromatic N) is 4. The standard InChI is InChI=1S/C51H32N4O/c1-4-13-33(14-5-1)37-25-28-47-44(30-37)43-27-23-38(32-48(43)56-47)36-19-12-20-40(29-36)55-45-22-11-10-21-41(45)42-26-24-39(31-46(42)55)51-53-49(34-15-6-2-7-16-34)52-50(54-51)35-17-8-3-9-18-35/h1-32H. The van der Waals surface area contributed by atoms with Crippen molar-refractivity contribution in [3.8, 4) is 62.1 Å². The minimum Gasteiger partial charge on any atom is -0.456 e. The highest BCUT2D eigenvalue weighted by molar-refractivity contribution is 6.10. The predicted molar refractivity (Wildman–Crippen MR) is 229 cm³/mol. The summed E-state index contributed by atoms with van der Waals surface area (Å²) in [6.07, 6.45) is 0. The predicted octanol–water partition coefficient (Wildman–Crippen LogP) is 13.2. The van der Waals surface area contributed by atoms with Crippen molar-refractivity contribution in [1.82, 2.24) is 19.5 Å². The van der Waals surface area contributed by atoms with Gasteiger partial charge in [0.25, 0.3) is 0 Å². The van der Waals surface area contributed by atoms with Crippen LogP contribution in [0.3, 0.4) is 0 Å². The number of fused-ring (bicyclic) bond motifs is 6. The Bertz CT molecular complexity index is 3180. The second kappa shape index (κ2) is 13.0. The molecule has 3 heterocycles. The van der Waals surface area contributed by atoms with Crippen LogP contribution in [0.4, 0.5) is 0 Å². The fraction of sp³-hybridized carbons (Fsp3) is 0. The molecule has 0 aliphatic carbocycles. The van der Waals surface area contributed by atoms with Gasteiger partial charge in [0.2, 0.25) is 0 Å². The normalized spacial score (nSPS) is 11.6. The molecule has 0 spiro atoms. The van der Waals surface area contributed by atoms with Gasteiger partial charge in [0.15, 0.2) is 17.5 Å². The lowest BCUT2D eigenvalue weighted by Gasteiger charge is -2.12. The first-order valence-corrected chi connectivity index (χ1v) is 18.8. The second-order valence-electron chi connectivity index (χ2n) is 14.1. The number of hydrogen-bond acceptors (Lipinski definition) is 4. The van der Waals surface area contributed by atoms with Crippen LogP contribution in [0, 0.1) is 0 Å². The molecule has 0 aliphatic heterocycles. The van der Waals surface area contributed by atoms with Crippen LogP contribution in [0.25, 0.3) is 106 Å². The lowest BCUT2D eigenvalue weighted by atomic mass is 10.0. The molecular formula is C51H32N4O. The Morgan fingerprint density at radius 3 is 1.57 bits per heavy atom. The van der Waals surface area contributed by atoms with Crippen molar-refractivity contribution in [2.24, 2.45) is 0 Å². The van der Waals surface area contributed by atoms with E-state index < -0.39 is 0 Å². The van der Waals surface area contributed by atoms with Gasteiger partial charge in [-0.1, -0.05) is 146 Å². The zero-order chi connectivity index (χ0) is 37.0. The maximum absolute atomic E-state index is 6.43. The Kier molecular flexibility index (Phi) is 7.42. The number of rotatable bonds is 6. The van der Waals surface area contributed by atoms with Gasteiger partial charge in [-0.25, -0.2) is 15.0 Å². The number of furan rings is 1. The third kappa shape index (κ3) is 5.45. The molecule has 0 bridgehead atoms. The van der Waals surface area contributed by atoms with Gasteiger partial charge in [0, 0.05) is 43.9 Å². The van der Waals surface area contributed by atoms with Gasteiger partial charge in [0.1, 0.15) is 11.2 Å². The van der Waals surface area contributed by atoms with Crippen molar-refractivity contribution in [3.05, 3.63) is 194 Å². The highest BCUT2D eigenvalue weighted by Gasteiger charge is 2.17. The molecule has 0 saturated heterocycles. The summed E-state index contributed by atoms with van der Waals surface area (Å²) in [5.41, 5.74) is 12.4. The first-order chi connectivity index (χ1) is 27.7. The number of hydrogen-bond donors (Lipinski definition) is 0. The Labute approximate surface area is 322 Å². The van der Waals surface area contributed by atoms with E-state index >= 15 is 0 Å². The van der Waals surface area contributed by atoms with Gasteiger partial charge in [0.05, 0.1) is 11.0 Å². The summed E-state index contributed by atoms with van der Waals surface area (Å²) in [5, 5.41) is 4.57. The van der Waals surface area contributed by atoms with E-state index in [0.717, 1.165) is 71.9 Å². The van der Waals surface area contributed by atoms with Crippen LogP contribution in [0.15, 0.2) is 199 Å². The van der Waals surface area contributed by atoms with Crippen molar-refractivity contribution in [1.29, 1.82) is 0 Å².